The molecule has 0 spiro atoms. The zero-order chi connectivity index (χ0) is 16.6. The normalized spacial score (nSPS) is 13.6. The zero-order valence-electron chi connectivity index (χ0n) is 9.94. The molecule has 0 aromatic carbocycles. The maximum atomic E-state index is 13.1. The second-order valence-corrected chi connectivity index (χ2v) is 4.68. The summed E-state index contributed by atoms with van der Waals surface area (Å²) in [5.41, 5.74) is 0.239. The van der Waals surface area contributed by atoms with E-state index in [0.29, 0.717) is 11.3 Å². The first-order valence-electron chi connectivity index (χ1n) is 4.99. The molecule has 21 heavy (non-hydrogen) atoms. The van der Waals surface area contributed by atoms with Crippen LogP contribution in [0.15, 0.2) is 5.38 Å². The van der Waals surface area contributed by atoms with Gasteiger partial charge >= 0.3 is 30.1 Å². The lowest BCUT2D eigenvalue weighted by atomic mass is 10.0. The lowest BCUT2D eigenvalue weighted by Gasteiger charge is -2.30. The van der Waals surface area contributed by atoms with Gasteiger partial charge in [0.1, 0.15) is 0 Å². The molecule has 1 N–H and O–H groups in total. The SMILES string of the molecule is Cc1csc(NC(=O)C(F)(F)C(F)(F)C(F)(F)C(F)F)n1. The third kappa shape index (κ3) is 2.94. The van der Waals surface area contributed by atoms with Gasteiger partial charge in [0.25, 0.3) is 0 Å². The largest absolute Gasteiger partial charge is 0.393 e. The first kappa shape index (κ1) is 17.6. The number of rotatable bonds is 5. The van der Waals surface area contributed by atoms with Gasteiger partial charge in [-0.15, -0.1) is 11.3 Å². The highest BCUT2D eigenvalue weighted by Gasteiger charge is 2.78. The fourth-order valence-corrected chi connectivity index (χ4v) is 1.76. The first-order chi connectivity index (χ1) is 9.34. The highest BCUT2D eigenvalue weighted by molar-refractivity contribution is 7.13. The number of hydrogen-bond donors (Lipinski definition) is 1. The van der Waals surface area contributed by atoms with Crippen LogP contribution in [0.5, 0.6) is 0 Å². The van der Waals surface area contributed by atoms with E-state index in [-0.39, 0.29) is 5.69 Å². The molecule has 0 saturated carbocycles. The Hall–Kier alpha value is -1.46. The summed E-state index contributed by atoms with van der Waals surface area (Å²) in [7, 11) is 0. The van der Waals surface area contributed by atoms with E-state index in [1.165, 1.54) is 17.6 Å². The smallest absolute Gasteiger partial charge is 0.296 e. The third-order valence-electron chi connectivity index (χ3n) is 2.21. The minimum absolute atomic E-state index is 0.239. The molecule has 0 aliphatic carbocycles. The Morgan fingerprint density at radius 3 is 2.14 bits per heavy atom. The van der Waals surface area contributed by atoms with Crippen molar-refractivity contribution in [2.24, 2.45) is 0 Å². The maximum Gasteiger partial charge on any atom is 0.393 e. The third-order valence-corrected chi connectivity index (χ3v) is 3.09. The number of alkyl halides is 8. The van der Waals surface area contributed by atoms with Gasteiger partial charge in [0.05, 0.1) is 5.69 Å². The molecule has 0 saturated heterocycles. The van der Waals surface area contributed by atoms with E-state index in [1.54, 1.807) is 0 Å². The van der Waals surface area contributed by atoms with Crippen LogP contribution in [0.4, 0.5) is 40.3 Å². The van der Waals surface area contributed by atoms with E-state index in [0.717, 1.165) is 0 Å². The molecular formula is C9H6F8N2OS. The van der Waals surface area contributed by atoms with Crippen molar-refractivity contribution in [3.8, 4) is 0 Å². The van der Waals surface area contributed by atoms with Gasteiger partial charge in [0.15, 0.2) is 5.13 Å². The second-order valence-electron chi connectivity index (χ2n) is 3.82. The predicted molar refractivity (Wildman–Crippen MR) is 56.3 cm³/mol. The van der Waals surface area contributed by atoms with Gasteiger partial charge in [0, 0.05) is 5.38 Å². The first-order valence-corrected chi connectivity index (χ1v) is 5.87. The molecule has 0 atom stereocenters. The summed E-state index contributed by atoms with van der Waals surface area (Å²) in [6.07, 6.45) is -5.08. The van der Waals surface area contributed by atoms with Crippen molar-refractivity contribution in [2.75, 3.05) is 5.32 Å². The fraction of sp³-hybridized carbons (Fsp3) is 0.556. The summed E-state index contributed by atoms with van der Waals surface area (Å²) in [5.74, 6) is -21.9. The molecule has 1 heterocycles. The summed E-state index contributed by atoms with van der Waals surface area (Å²) >= 11 is 0.561. The molecule has 1 aromatic heterocycles. The highest BCUT2D eigenvalue weighted by atomic mass is 32.1. The maximum absolute atomic E-state index is 13.1. The van der Waals surface area contributed by atoms with Gasteiger partial charge in [-0.2, -0.15) is 26.3 Å². The number of amides is 1. The van der Waals surface area contributed by atoms with E-state index in [1.807, 2.05) is 0 Å². The Balaban J connectivity index is 3.05. The highest BCUT2D eigenvalue weighted by Crippen LogP contribution is 2.48. The molecule has 0 fully saturated rings. The molecule has 3 nitrogen and oxygen atoms in total. The molecule has 0 bridgehead atoms. The van der Waals surface area contributed by atoms with Gasteiger partial charge in [-0.1, -0.05) is 0 Å². The molecule has 1 aromatic rings. The lowest BCUT2D eigenvalue weighted by Crippen LogP contribution is -2.61. The zero-order valence-corrected chi connectivity index (χ0v) is 10.8. The van der Waals surface area contributed by atoms with Crippen molar-refractivity contribution in [3.63, 3.8) is 0 Å². The number of hydrogen-bond acceptors (Lipinski definition) is 3. The van der Waals surface area contributed by atoms with Crippen molar-refractivity contribution >= 4 is 22.4 Å². The molecule has 0 aliphatic heterocycles. The summed E-state index contributed by atoms with van der Waals surface area (Å²) in [6, 6.07) is 0. The van der Waals surface area contributed by atoms with Crippen LogP contribution in [0, 0.1) is 6.92 Å². The molecule has 120 valence electrons. The number of carbonyl (C=O) groups excluding carboxylic acids is 1. The number of aromatic nitrogens is 1. The van der Waals surface area contributed by atoms with Crippen LogP contribution in [0.1, 0.15) is 5.69 Å². The average molecular weight is 342 g/mol. The summed E-state index contributed by atoms with van der Waals surface area (Å²) in [4.78, 5) is 14.4. The molecule has 0 aliphatic rings. The van der Waals surface area contributed by atoms with Crippen LogP contribution >= 0.6 is 11.3 Å². The van der Waals surface area contributed by atoms with E-state index in [9.17, 15) is 39.9 Å². The van der Waals surface area contributed by atoms with Gasteiger partial charge in [-0.25, -0.2) is 13.8 Å². The van der Waals surface area contributed by atoms with Crippen molar-refractivity contribution in [1.29, 1.82) is 0 Å². The molecular weight excluding hydrogens is 336 g/mol. The van der Waals surface area contributed by atoms with Crippen molar-refractivity contribution < 1.29 is 39.9 Å². The van der Waals surface area contributed by atoms with Crippen LogP contribution in [-0.2, 0) is 4.79 Å². The quantitative estimate of drug-likeness (QED) is 0.832. The molecule has 0 unspecified atom stereocenters. The number of thiazole rings is 1. The predicted octanol–water partition coefficient (Wildman–Crippen LogP) is 3.56. The van der Waals surface area contributed by atoms with Crippen molar-refractivity contribution in [1.82, 2.24) is 4.98 Å². The van der Waals surface area contributed by atoms with Crippen molar-refractivity contribution in [3.05, 3.63) is 11.1 Å². The van der Waals surface area contributed by atoms with Gasteiger partial charge in [0.2, 0.25) is 0 Å². The summed E-state index contributed by atoms with van der Waals surface area (Å²) < 4.78 is 101. The Kier molecular flexibility index (Phi) is 4.51. The van der Waals surface area contributed by atoms with Gasteiger partial charge in [-0.05, 0) is 6.92 Å². The molecule has 12 heteroatoms. The Morgan fingerprint density at radius 2 is 1.76 bits per heavy atom. The Morgan fingerprint density at radius 1 is 1.24 bits per heavy atom. The van der Waals surface area contributed by atoms with E-state index in [2.05, 4.69) is 4.98 Å². The summed E-state index contributed by atoms with van der Waals surface area (Å²) in [6.45, 7) is 1.38. The second kappa shape index (κ2) is 5.39. The average Bonchev–Trinajstić information content (AvgIpc) is 2.73. The van der Waals surface area contributed by atoms with Crippen LogP contribution in [0.25, 0.3) is 0 Å². The molecule has 1 rings (SSSR count). The van der Waals surface area contributed by atoms with Gasteiger partial charge < -0.3 is 0 Å². The van der Waals surface area contributed by atoms with Crippen LogP contribution in [-0.4, -0.2) is 35.1 Å². The Bertz CT molecular complexity index is 530. The minimum atomic E-state index is -6.58. The number of nitrogens with one attached hydrogen (secondary N) is 1. The topological polar surface area (TPSA) is 42.0 Å². The summed E-state index contributed by atoms with van der Waals surface area (Å²) in [5, 5.41) is 1.87. The van der Waals surface area contributed by atoms with E-state index in [4.69, 9.17) is 0 Å². The van der Waals surface area contributed by atoms with Crippen molar-refractivity contribution in [2.45, 2.75) is 31.1 Å². The number of halogens is 8. The lowest BCUT2D eigenvalue weighted by molar-refractivity contribution is -0.326. The van der Waals surface area contributed by atoms with E-state index < -0.39 is 35.2 Å². The van der Waals surface area contributed by atoms with Crippen LogP contribution in [0.2, 0.25) is 0 Å². The Labute approximate surface area is 116 Å². The number of nitrogens with zero attached hydrogens (tertiary/aromatic N) is 1. The monoisotopic (exact) mass is 342 g/mol. The number of aryl methyl sites for hydroxylation is 1. The fourth-order valence-electron chi connectivity index (χ4n) is 1.08. The standard InChI is InChI=1S/C9H6F8N2OS/c1-3-2-21-6(18-3)19-5(20)8(14,15)9(16,17)7(12,13)4(10)11/h2,4H,1H3,(H,18,19,20). The molecule has 1 amide bonds. The van der Waals surface area contributed by atoms with E-state index >= 15 is 0 Å². The molecule has 0 radical (unpaired) electrons. The van der Waals surface area contributed by atoms with Crippen LogP contribution < -0.4 is 5.32 Å². The number of anilines is 1. The number of carbonyl (C=O) groups is 1. The van der Waals surface area contributed by atoms with Crippen LogP contribution in [0.3, 0.4) is 0 Å². The minimum Gasteiger partial charge on any atom is -0.296 e. The van der Waals surface area contributed by atoms with Gasteiger partial charge in [-0.3, -0.25) is 10.1 Å².